The molecular weight excluding hydrogens is 216 g/mol. The Kier molecular flexibility index (Phi) is 6.46. The van der Waals surface area contributed by atoms with Crippen molar-refractivity contribution in [2.45, 2.75) is 79.6 Å². The Bertz CT molecular complexity index is 374. The molecule has 1 rings (SSSR count). The van der Waals surface area contributed by atoms with E-state index in [2.05, 4.69) is 40.7 Å². The van der Waals surface area contributed by atoms with Gasteiger partial charge in [-0.15, -0.1) is 0 Å². The third-order valence-electron chi connectivity index (χ3n) is 4.39. The standard InChI is InChI=1S/C18H30/c1-6-7-8-9-10-11-12-18-13-14(2)15(3)16(4)17(18)5/h13H,6-12H2,1-5H3. The second-order valence-corrected chi connectivity index (χ2v) is 5.75. The van der Waals surface area contributed by atoms with Gasteiger partial charge in [-0.25, -0.2) is 0 Å². The van der Waals surface area contributed by atoms with Crippen LogP contribution >= 0.6 is 0 Å². The van der Waals surface area contributed by atoms with Crippen molar-refractivity contribution in [1.82, 2.24) is 0 Å². The topological polar surface area (TPSA) is 0 Å². The molecule has 0 radical (unpaired) electrons. The lowest BCUT2D eigenvalue weighted by Crippen LogP contribution is -1.98. The maximum Gasteiger partial charge on any atom is -0.0276 e. The summed E-state index contributed by atoms with van der Waals surface area (Å²) in [6.07, 6.45) is 9.59. The number of unbranched alkanes of at least 4 members (excludes halogenated alkanes) is 5. The third kappa shape index (κ3) is 4.15. The van der Waals surface area contributed by atoms with E-state index in [9.17, 15) is 0 Å². The van der Waals surface area contributed by atoms with Gasteiger partial charge in [-0.2, -0.15) is 0 Å². The lowest BCUT2D eigenvalue weighted by atomic mass is 9.92. The molecule has 0 atom stereocenters. The first kappa shape index (κ1) is 15.3. The fourth-order valence-electron chi connectivity index (χ4n) is 2.65. The van der Waals surface area contributed by atoms with Crippen molar-refractivity contribution >= 4 is 0 Å². The Hall–Kier alpha value is -0.780. The van der Waals surface area contributed by atoms with Crippen LogP contribution in [0.3, 0.4) is 0 Å². The molecule has 0 aromatic heterocycles. The molecule has 0 saturated heterocycles. The van der Waals surface area contributed by atoms with E-state index in [0.717, 1.165) is 0 Å². The lowest BCUT2D eigenvalue weighted by molar-refractivity contribution is 0.607. The molecular formula is C18H30. The summed E-state index contributed by atoms with van der Waals surface area (Å²) in [5, 5.41) is 0. The normalized spacial score (nSPS) is 10.9. The Morgan fingerprint density at radius 2 is 1.33 bits per heavy atom. The minimum absolute atomic E-state index is 1.26. The first-order chi connectivity index (χ1) is 8.57. The third-order valence-corrected chi connectivity index (χ3v) is 4.39. The SMILES string of the molecule is CCCCCCCCc1cc(C)c(C)c(C)c1C. The molecule has 1 aromatic carbocycles. The largest absolute Gasteiger partial charge is 0.0654 e. The van der Waals surface area contributed by atoms with E-state index in [1.54, 1.807) is 5.56 Å². The summed E-state index contributed by atoms with van der Waals surface area (Å²) in [7, 11) is 0. The predicted octanol–water partition coefficient (Wildman–Crippen LogP) is 5.82. The number of hydrogen-bond acceptors (Lipinski definition) is 0. The molecule has 0 aliphatic heterocycles. The van der Waals surface area contributed by atoms with Crippen molar-refractivity contribution in [2.24, 2.45) is 0 Å². The molecule has 0 amide bonds. The van der Waals surface area contributed by atoms with Gasteiger partial charge < -0.3 is 0 Å². The van der Waals surface area contributed by atoms with Crippen LogP contribution in [0.4, 0.5) is 0 Å². The first-order valence-corrected chi connectivity index (χ1v) is 7.64. The van der Waals surface area contributed by atoms with Crippen molar-refractivity contribution in [2.75, 3.05) is 0 Å². The summed E-state index contributed by atoms with van der Waals surface area (Å²) < 4.78 is 0. The summed E-state index contributed by atoms with van der Waals surface area (Å²) in [5.41, 5.74) is 7.52. The molecule has 0 aliphatic carbocycles. The molecule has 0 saturated carbocycles. The molecule has 18 heavy (non-hydrogen) atoms. The summed E-state index contributed by atoms with van der Waals surface area (Å²) in [6.45, 7) is 11.3. The highest BCUT2D eigenvalue weighted by atomic mass is 14.1. The van der Waals surface area contributed by atoms with Crippen LogP contribution in [0, 0.1) is 27.7 Å². The minimum atomic E-state index is 1.26. The molecule has 0 heteroatoms. The first-order valence-electron chi connectivity index (χ1n) is 7.64. The molecule has 0 unspecified atom stereocenters. The van der Waals surface area contributed by atoms with Crippen molar-refractivity contribution in [3.05, 3.63) is 33.9 Å². The van der Waals surface area contributed by atoms with Crippen LogP contribution in [0.25, 0.3) is 0 Å². The maximum absolute atomic E-state index is 2.41. The van der Waals surface area contributed by atoms with E-state index in [-0.39, 0.29) is 0 Å². The fourth-order valence-corrected chi connectivity index (χ4v) is 2.65. The van der Waals surface area contributed by atoms with Gasteiger partial charge in [0.05, 0.1) is 0 Å². The molecule has 0 aliphatic rings. The van der Waals surface area contributed by atoms with Crippen molar-refractivity contribution in [1.29, 1.82) is 0 Å². The van der Waals surface area contributed by atoms with Gasteiger partial charge in [0.15, 0.2) is 0 Å². The van der Waals surface area contributed by atoms with E-state index in [1.807, 2.05) is 0 Å². The Labute approximate surface area is 114 Å². The van der Waals surface area contributed by atoms with Gasteiger partial charge in [0.25, 0.3) is 0 Å². The molecule has 0 N–H and O–H groups in total. The average molecular weight is 246 g/mol. The molecule has 0 bridgehead atoms. The number of aryl methyl sites for hydroxylation is 2. The van der Waals surface area contributed by atoms with Crippen LogP contribution < -0.4 is 0 Å². The quantitative estimate of drug-likeness (QED) is 0.531. The van der Waals surface area contributed by atoms with Gasteiger partial charge in [-0.1, -0.05) is 45.1 Å². The summed E-state index contributed by atoms with van der Waals surface area (Å²) in [5.74, 6) is 0. The number of benzene rings is 1. The van der Waals surface area contributed by atoms with E-state index < -0.39 is 0 Å². The van der Waals surface area contributed by atoms with Gasteiger partial charge in [0, 0.05) is 0 Å². The van der Waals surface area contributed by atoms with Crippen molar-refractivity contribution < 1.29 is 0 Å². The van der Waals surface area contributed by atoms with Crippen molar-refractivity contribution in [3.8, 4) is 0 Å². The Morgan fingerprint density at radius 1 is 0.722 bits per heavy atom. The van der Waals surface area contributed by atoms with Crippen molar-refractivity contribution in [3.63, 3.8) is 0 Å². The Morgan fingerprint density at radius 3 is 2.00 bits per heavy atom. The average Bonchev–Trinajstić information content (AvgIpc) is 2.37. The van der Waals surface area contributed by atoms with Crippen LogP contribution in [0.15, 0.2) is 6.07 Å². The summed E-state index contributed by atoms with van der Waals surface area (Å²) in [4.78, 5) is 0. The number of rotatable bonds is 7. The van der Waals surface area contributed by atoms with Crippen LogP contribution in [-0.2, 0) is 6.42 Å². The van der Waals surface area contributed by atoms with Crippen LogP contribution in [0.5, 0.6) is 0 Å². The highest BCUT2D eigenvalue weighted by Crippen LogP contribution is 2.22. The monoisotopic (exact) mass is 246 g/mol. The smallest absolute Gasteiger partial charge is 0.0276 e. The summed E-state index contributed by atoms with van der Waals surface area (Å²) >= 11 is 0. The van der Waals surface area contributed by atoms with Crippen LogP contribution in [0.2, 0.25) is 0 Å². The molecule has 0 heterocycles. The molecule has 0 fully saturated rings. The Balaban J connectivity index is 2.48. The molecule has 1 aromatic rings. The maximum atomic E-state index is 2.41. The predicted molar refractivity (Wildman–Crippen MR) is 82.5 cm³/mol. The zero-order valence-corrected chi connectivity index (χ0v) is 13.0. The van der Waals surface area contributed by atoms with Gasteiger partial charge >= 0.3 is 0 Å². The molecule has 0 nitrogen and oxygen atoms in total. The second kappa shape index (κ2) is 7.61. The molecule has 0 spiro atoms. The van der Waals surface area contributed by atoms with Gasteiger partial charge in [0.2, 0.25) is 0 Å². The van der Waals surface area contributed by atoms with E-state index in [1.165, 1.54) is 67.2 Å². The van der Waals surface area contributed by atoms with Gasteiger partial charge in [-0.05, 0) is 68.4 Å². The van der Waals surface area contributed by atoms with E-state index in [4.69, 9.17) is 0 Å². The highest BCUT2D eigenvalue weighted by Gasteiger charge is 2.06. The lowest BCUT2D eigenvalue weighted by Gasteiger charge is -2.14. The highest BCUT2D eigenvalue weighted by molar-refractivity contribution is 5.43. The fraction of sp³-hybridized carbons (Fsp3) is 0.667. The van der Waals surface area contributed by atoms with Gasteiger partial charge in [-0.3, -0.25) is 0 Å². The summed E-state index contributed by atoms with van der Waals surface area (Å²) in [6, 6.07) is 2.41. The zero-order chi connectivity index (χ0) is 13.5. The van der Waals surface area contributed by atoms with E-state index >= 15 is 0 Å². The van der Waals surface area contributed by atoms with Crippen LogP contribution in [0.1, 0.15) is 73.3 Å². The zero-order valence-electron chi connectivity index (χ0n) is 13.0. The molecule has 102 valence electrons. The minimum Gasteiger partial charge on any atom is -0.0654 e. The van der Waals surface area contributed by atoms with Gasteiger partial charge in [0.1, 0.15) is 0 Å². The van der Waals surface area contributed by atoms with E-state index in [0.29, 0.717) is 0 Å². The van der Waals surface area contributed by atoms with Crippen LogP contribution in [-0.4, -0.2) is 0 Å². The second-order valence-electron chi connectivity index (χ2n) is 5.75. The number of hydrogen-bond donors (Lipinski definition) is 0.